The average Bonchev–Trinajstić information content (AvgIpc) is 3.50. The number of nitrogens with one attached hydrogen (secondary N) is 3. The lowest BCUT2D eigenvalue weighted by Crippen LogP contribution is -2.41. The second-order valence-corrected chi connectivity index (χ2v) is 8.34. The average molecular weight is 466 g/mol. The van der Waals surface area contributed by atoms with Crippen LogP contribution < -0.4 is 10.6 Å². The van der Waals surface area contributed by atoms with E-state index in [2.05, 4.69) is 15.6 Å². The Kier molecular flexibility index (Phi) is 9.20. The Bertz CT molecular complexity index is 1000. The third-order valence-corrected chi connectivity index (χ3v) is 5.81. The maximum Gasteiger partial charge on any atom is 0.330 e. The van der Waals surface area contributed by atoms with Crippen molar-refractivity contribution in [3.05, 3.63) is 72.1 Å². The largest absolute Gasteiger partial charge is 0.463 e. The highest BCUT2D eigenvalue weighted by atomic mass is 16.5. The van der Waals surface area contributed by atoms with Crippen LogP contribution in [0.5, 0.6) is 0 Å². The number of esters is 1. The third kappa shape index (κ3) is 7.43. The number of ether oxygens (including phenoxy) is 1. The molecule has 1 aliphatic rings. The van der Waals surface area contributed by atoms with Gasteiger partial charge in [-0.1, -0.05) is 36.4 Å². The minimum absolute atomic E-state index is 0.0272. The number of aromatic amines is 1. The van der Waals surface area contributed by atoms with Crippen molar-refractivity contribution in [1.82, 2.24) is 15.6 Å². The summed E-state index contributed by atoms with van der Waals surface area (Å²) in [4.78, 5) is 53.0. The number of Topliss-reactive ketones (excluding diaryl/α,β-unsaturated/α-hetero) is 1. The lowest BCUT2D eigenvalue weighted by Gasteiger charge is -2.22. The second-order valence-electron chi connectivity index (χ2n) is 8.34. The molecule has 0 bridgehead atoms. The van der Waals surface area contributed by atoms with Crippen LogP contribution in [0, 0.1) is 11.8 Å². The molecular formula is C26H31N3O5. The van der Waals surface area contributed by atoms with Gasteiger partial charge in [-0.3, -0.25) is 14.4 Å². The number of amides is 2. The van der Waals surface area contributed by atoms with Gasteiger partial charge in [0.15, 0.2) is 5.78 Å². The van der Waals surface area contributed by atoms with Crippen LogP contribution in [0.15, 0.2) is 60.8 Å². The number of hydrogen-bond donors (Lipinski definition) is 3. The first-order valence-corrected chi connectivity index (χ1v) is 11.6. The highest BCUT2D eigenvalue weighted by molar-refractivity contribution is 5.97. The first kappa shape index (κ1) is 25.0. The molecule has 1 saturated heterocycles. The van der Waals surface area contributed by atoms with E-state index in [0.717, 1.165) is 5.56 Å². The summed E-state index contributed by atoms with van der Waals surface area (Å²) in [5, 5.41) is 5.75. The van der Waals surface area contributed by atoms with E-state index < -0.39 is 17.9 Å². The quantitative estimate of drug-likeness (QED) is 0.253. The molecule has 1 aromatic carbocycles. The molecule has 2 aromatic rings. The van der Waals surface area contributed by atoms with Crippen molar-refractivity contribution in [3.8, 4) is 0 Å². The first-order chi connectivity index (χ1) is 16.5. The molecule has 34 heavy (non-hydrogen) atoms. The highest BCUT2D eigenvalue weighted by Crippen LogP contribution is 2.20. The fraction of sp³-hybridized carbons (Fsp3) is 0.385. The Labute approximate surface area is 199 Å². The predicted octanol–water partition coefficient (Wildman–Crippen LogP) is 2.58. The maximum atomic E-state index is 13.4. The van der Waals surface area contributed by atoms with Crippen molar-refractivity contribution in [2.75, 3.05) is 13.2 Å². The van der Waals surface area contributed by atoms with Crippen molar-refractivity contribution >= 4 is 23.6 Å². The van der Waals surface area contributed by atoms with E-state index in [1.807, 2.05) is 30.3 Å². The van der Waals surface area contributed by atoms with Crippen LogP contribution in [0.3, 0.4) is 0 Å². The highest BCUT2D eigenvalue weighted by Gasteiger charge is 2.29. The van der Waals surface area contributed by atoms with Crippen LogP contribution in [0.2, 0.25) is 0 Å². The van der Waals surface area contributed by atoms with Gasteiger partial charge in [-0.05, 0) is 43.9 Å². The van der Waals surface area contributed by atoms with Crippen LogP contribution in [-0.2, 0) is 25.5 Å². The molecule has 8 heteroatoms. The number of hydrogen-bond acceptors (Lipinski definition) is 5. The van der Waals surface area contributed by atoms with Crippen LogP contribution in [0.1, 0.15) is 42.2 Å². The number of aromatic nitrogens is 1. The monoisotopic (exact) mass is 465 g/mol. The summed E-state index contributed by atoms with van der Waals surface area (Å²) in [6, 6.07) is 12.4. The molecule has 8 nitrogen and oxygen atoms in total. The van der Waals surface area contributed by atoms with Crippen molar-refractivity contribution in [2.24, 2.45) is 11.8 Å². The number of ketones is 1. The predicted molar refractivity (Wildman–Crippen MR) is 127 cm³/mol. The zero-order valence-electron chi connectivity index (χ0n) is 19.3. The SMILES string of the molecule is CCOC(=O)/C=C/[C@H](C[C@@H]1CCNC1=O)NC(=O)C(CC(=O)c1ccc[nH]1)Cc1ccccc1. The Hall–Kier alpha value is -3.68. The Balaban J connectivity index is 1.76. The maximum absolute atomic E-state index is 13.4. The van der Waals surface area contributed by atoms with E-state index in [1.165, 1.54) is 6.08 Å². The zero-order valence-corrected chi connectivity index (χ0v) is 19.3. The molecule has 3 N–H and O–H groups in total. The summed E-state index contributed by atoms with van der Waals surface area (Å²) in [6.45, 7) is 2.54. The van der Waals surface area contributed by atoms with Crippen LogP contribution in [-0.4, -0.2) is 47.7 Å². The van der Waals surface area contributed by atoms with Gasteiger partial charge in [-0.2, -0.15) is 0 Å². The molecule has 0 aliphatic carbocycles. The Morgan fingerprint density at radius 1 is 1.18 bits per heavy atom. The van der Waals surface area contributed by atoms with Gasteiger partial charge in [-0.25, -0.2) is 4.79 Å². The van der Waals surface area contributed by atoms with Gasteiger partial charge in [-0.15, -0.1) is 0 Å². The minimum atomic E-state index is -0.617. The molecule has 180 valence electrons. The molecule has 3 atom stereocenters. The van der Waals surface area contributed by atoms with Gasteiger partial charge in [0.1, 0.15) is 0 Å². The van der Waals surface area contributed by atoms with E-state index >= 15 is 0 Å². The normalized spacial score (nSPS) is 17.2. The van der Waals surface area contributed by atoms with Crippen LogP contribution in [0.25, 0.3) is 0 Å². The van der Waals surface area contributed by atoms with E-state index in [9.17, 15) is 19.2 Å². The van der Waals surface area contributed by atoms with E-state index in [1.54, 1.807) is 31.3 Å². The number of carbonyl (C=O) groups excluding carboxylic acids is 4. The molecule has 2 heterocycles. The molecule has 1 aromatic heterocycles. The van der Waals surface area contributed by atoms with E-state index in [0.29, 0.717) is 31.5 Å². The molecule has 1 fully saturated rings. The van der Waals surface area contributed by atoms with Crippen LogP contribution >= 0.6 is 0 Å². The topological polar surface area (TPSA) is 117 Å². The van der Waals surface area contributed by atoms with E-state index in [-0.39, 0.29) is 36.5 Å². The fourth-order valence-electron chi connectivity index (χ4n) is 4.04. The lowest BCUT2D eigenvalue weighted by molar-refractivity contribution is -0.137. The zero-order chi connectivity index (χ0) is 24.3. The summed E-state index contributed by atoms with van der Waals surface area (Å²) >= 11 is 0. The smallest absolute Gasteiger partial charge is 0.330 e. The molecule has 2 amide bonds. The summed E-state index contributed by atoms with van der Waals surface area (Å²) in [6.07, 6.45) is 5.94. The summed E-state index contributed by atoms with van der Waals surface area (Å²) in [5.74, 6) is -1.91. The second kappa shape index (κ2) is 12.5. The van der Waals surface area contributed by atoms with E-state index in [4.69, 9.17) is 4.74 Å². The third-order valence-electron chi connectivity index (χ3n) is 5.81. The van der Waals surface area contributed by atoms with Gasteiger partial charge in [0.05, 0.1) is 12.3 Å². The number of rotatable bonds is 12. The van der Waals surface area contributed by atoms with Gasteiger partial charge in [0, 0.05) is 43.1 Å². The number of benzene rings is 1. The molecule has 1 unspecified atom stereocenters. The molecule has 0 spiro atoms. The number of carbonyl (C=O) groups is 4. The fourth-order valence-corrected chi connectivity index (χ4v) is 4.04. The molecule has 1 aliphatic heterocycles. The summed E-state index contributed by atoms with van der Waals surface area (Å²) in [7, 11) is 0. The van der Waals surface area contributed by atoms with Crippen LogP contribution in [0.4, 0.5) is 0 Å². The Morgan fingerprint density at radius 3 is 2.62 bits per heavy atom. The van der Waals surface area contributed by atoms with Crippen molar-refractivity contribution in [1.29, 1.82) is 0 Å². The molecule has 0 radical (unpaired) electrons. The Morgan fingerprint density at radius 2 is 1.97 bits per heavy atom. The summed E-state index contributed by atoms with van der Waals surface area (Å²) in [5.41, 5.74) is 1.39. The molecule has 0 saturated carbocycles. The van der Waals surface area contributed by atoms with Gasteiger partial charge >= 0.3 is 5.97 Å². The standard InChI is InChI=1S/C26H31N3O5/c1-2-34-24(31)11-10-21(16-19-12-14-28-25(19)32)29-26(33)20(15-18-7-4-3-5-8-18)17-23(30)22-9-6-13-27-22/h3-11,13,19-21,27H,2,12,14-17H2,1H3,(H,28,32)(H,29,33)/b11-10+/t19-,20?,21+/m0/s1. The van der Waals surface area contributed by atoms with Gasteiger partial charge < -0.3 is 20.4 Å². The van der Waals surface area contributed by atoms with Crippen molar-refractivity contribution in [2.45, 2.75) is 38.6 Å². The van der Waals surface area contributed by atoms with Crippen molar-refractivity contribution < 1.29 is 23.9 Å². The first-order valence-electron chi connectivity index (χ1n) is 11.6. The summed E-state index contributed by atoms with van der Waals surface area (Å²) < 4.78 is 4.94. The van der Waals surface area contributed by atoms with Gasteiger partial charge in [0.2, 0.25) is 11.8 Å². The lowest BCUT2D eigenvalue weighted by atomic mass is 9.91. The molecular weight excluding hydrogens is 434 g/mol. The van der Waals surface area contributed by atoms with Gasteiger partial charge in [0.25, 0.3) is 0 Å². The minimum Gasteiger partial charge on any atom is -0.463 e. The molecule has 3 rings (SSSR count). The van der Waals surface area contributed by atoms with Crippen molar-refractivity contribution in [3.63, 3.8) is 0 Å². The number of H-pyrrole nitrogens is 1.